The molecule has 162 valence electrons. The molecule has 0 aliphatic rings. The summed E-state index contributed by atoms with van der Waals surface area (Å²) in [5.74, 6) is 1.02. The predicted molar refractivity (Wildman–Crippen MR) is 122 cm³/mol. The van der Waals surface area contributed by atoms with Gasteiger partial charge in [-0.3, -0.25) is 0 Å². The Morgan fingerprint density at radius 2 is 1.78 bits per heavy atom. The van der Waals surface area contributed by atoms with Crippen LogP contribution in [-0.4, -0.2) is 33.1 Å². The molecule has 2 aromatic carbocycles. The lowest BCUT2D eigenvalue weighted by molar-refractivity contribution is 0.0728. The fourth-order valence-electron chi connectivity index (χ4n) is 3.11. The van der Waals surface area contributed by atoms with E-state index in [1.165, 1.54) is 11.8 Å². The lowest BCUT2D eigenvalue weighted by Crippen LogP contribution is -2.11. The largest absolute Gasteiger partial charge is 0.480 e. The minimum absolute atomic E-state index is 0.141. The van der Waals surface area contributed by atoms with E-state index in [4.69, 9.17) is 21.1 Å². The third-order valence-corrected chi connectivity index (χ3v) is 5.10. The highest BCUT2D eigenvalue weighted by atomic mass is 35.5. The maximum atomic E-state index is 12.9. The van der Waals surface area contributed by atoms with E-state index in [0.29, 0.717) is 34.1 Å². The Morgan fingerprint density at radius 3 is 2.44 bits per heavy atom. The number of carbonyl (C=O) groups is 1. The van der Waals surface area contributed by atoms with Crippen molar-refractivity contribution in [1.29, 1.82) is 0 Å². The van der Waals surface area contributed by atoms with Crippen LogP contribution in [0.3, 0.4) is 0 Å². The SMILES string of the molecule is COc1ccc(-n2nc(C(=O)Oc3cccc(C(C)C)c3)cc2-c2ccc(Cl)cc2)nn1. The van der Waals surface area contributed by atoms with Gasteiger partial charge in [-0.2, -0.15) is 5.10 Å². The number of ether oxygens (including phenoxy) is 2. The first kappa shape index (κ1) is 21.5. The molecule has 32 heavy (non-hydrogen) atoms. The molecule has 4 aromatic rings. The number of nitrogens with zero attached hydrogens (tertiary/aromatic N) is 4. The number of benzene rings is 2. The molecule has 0 aliphatic heterocycles. The zero-order valence-corrected chi connectivity index (χ0v) is 18.6. The fourth-order valence-corrected chi connectivity index (χ4v) is 3.24. The Hall–Kier alpha value is -3.71. The second kappa shape index (κ2) is 9.20. The third kappa shape index (κ3) is 4.63. The summed E-state index contributed by atoms with van der Waals surface area (Å²) >= 11 is 6.04. The van der Waals surface area contributed by atoms with Gasteiger partial charge in [0, 0.05) is 16.7 Å². The van der Waals surface area contributed by atoms with Crippen molar-refractivity contribution in [2.24, 2.45) is 0 Å². The molecule has 0 radical (unpaired) electrons. The fraction of sp³-hybridized carbons (Fsp3) is 0.167. The molecule has 7 nitrogen and oxygen atoms in total. The van der Waals surface area contributed by atoms with Crippen molar-refractivity contribution >= 4 is 17.6 Å². The first-order chi connectivity index (χ1) is 15.4. The van der Waals surface area contributed by atoms with E-state index in [1.807, 2.05) is 30.3 Å². The average Bonchev–Trinajstić information content (AvgIpc) is 3.25. The number of methoxy groups -OCH3 is 1. The smallest absolute Gasteiger partial charge is 0.364 e. The monoisotopic (exact) mass is 448 g/mol. The molecule has 0 spiro atoms. The molecule has 2 aromatic heterocycles. The molecular weight excluding hydrogens is 428 g/mol. The van der Waals surface area contributed by atoms with Gasteiger partial charge < -0.3 is 9.47 Å². The normalized spacial score (nSPS) is 10.9. The summed E-state index contributed by atoms with van der Waals surface area (Å²) in [6.07, 6.45) is 0. The summed E-state index contributed by atoms with van der Waals surface area (Å²) in [7, 11) is 1.51. The van der Waals surface area contributed by atoms with Crippen molar-refractivity contribution in [3.63, 3.8) is 0 Å². The Bertz CT molecular complexity index is 1240. The van der Waals surface area contributed by atoms with Crippen LogP contribution in [0.4, 0.5) is 0 Å². The molecule has 0 aliphatic carbocycles. The van der Waals surface area contributed by atoms with E-state index in [1.54, 1.807) is 36.4 Å². The highest BCUT2D eigenvalue weighted by molar-refractivity contribution is 6.30. The van der Waals surface area contributed by atoms with Crippen LogP contribution in [0.15, 0.2) is 66.7 Å². The van der Waals surface area contributed by atoms with E-state index in [-0.39, 0.29) is 5.69 Å². The summed E-state index contributed by atoms with van der Waals surface area (Å²) < 4.78 is 12.2. The van der Waals surface area contributed by atoms with Gasteiger partial charge in [-0.15, -0.1) is 10.2 Å². The first-order valence-corrected chi connectivity index (χ1v) is 10.4. The molecule has 0 amide bonds. The zero-order valence-electron chi connectivity index (χ0n) is 17.8. The minimum Gasteiger partial charge on any atom is -0.480 e. The molecule has 0 fully saturated rings. The Morgan fingerprint density at radius 1 is 1.00 bits per heavy atom. The van der Waals surface area contributed by atoms with E-state index in [0.717, 1.165) is 11.1 Å². The highest BCUT2D eigenvalue weighted by Crippen LogP contribution is 2.26. The van der Waals surface area contributed by atoms with Gasteiger partial charge in [0.15, 0.2) is 11.5 Å². The van der Waals surface area contributed by atoms with Gasteiger partial charge in [-0.1, -0.05) is 49.7 Å². The second-order valence-electron chi connectivity index (χ2n) is 7.38. The van der Waals surface area contributed by atoms with Crippen molar-refractivity contribution in [3.8, 4) is 28.7 Å². The Balaban J connectivity index is 1.71. The number of halogens is 1. The van der Waals surface area contributed by atoms with Crippen molar-refractivity contribution < 1.29 is 14.3 Å². The third-order valence-electron chi connectivity index (χ3n) is 4.85. The van der Waals surface area contributed by atoms with Crippen LogP contribution in [0.25, 0.3) is 17.1 Å². The zero-order chi connectivity index (χ0) is 22.7. The van der Waals surface area contributed by atoms with Crippen molar-refractivity contribution in [2.75, 3.05) is 7.11 Å². The number of rotatable bonds is 6. The number of hydrogen-bond acceptors (Lipinski definition) is 6. The summed E-state index contributed by atoms with van der Waals surface area (Å²) in [5.41, 5.74) is 2.67. The molecule has 0 bridgehead atoms. The average molecular weight is 449 g/mol. The van der Waals surface area contributed by atoms with Gasteiger partial charge in [0.05, 0.1) is 12.8 Å². The first-order valence-electron chi connectivity index (χ1n) is 10.0. The van der Waals surface area contributed by atoms with Gasteiger partial charge in [0.25, 0.3) is 0 Å². The summed E-state index contributed by atoms with van der Waals surface area (Å²) in [6.45, 7) is 4.16. The van der Waals surface area contributed by atoms with Crippen LogP contribution in [0.5, 0.6) is 11.6 Å². The lowest BCUT2D eigenvalue weighted by Gasteiger charge is -2.08. The molecule has 0 N–H and O–H groups in total. The van der Waals surface area contributed by atoms with Crippen LogP contribution in [0, 0.1) is 0 Å². The van der Waals surface area contributed by atoms with Crippen LogP contribution in [-0.2, 0) is 0 Å². The number of hydrogen-bond donors (Lipinski definition) is 0. The Kier molecular flexibility index (Phi) is 6.18. The van der Waals surface area contributed by atoms with Gasteiger partial charge in [-0.05, 0) is 47.9 Å². The molecule has 4 rings (SSSR count). The molecule has 0 atom stereocenters. The van der Waals surface area contributed by atoms with Gasteiger partial charge in [0.2, 0.25) is 5.88 Å². The van der Waals surface area contributed by atoms with E-state index < -0.39 is 5.97 Å². The molecular formula is C24H21ClN4O3. The molecule has 0 unspecified atom stereocenters. The number of aromatic nitrogens is 4. The standard InChI is InChI=1S/C24H21ClN4O3/c1-15(2)17-5-4-6-19(13-17)32-24(30)20-14-21(16-7-9-18(25)10-8-16)29(28-20)22-11-12-23(31-3)27-26-22/h4-15H,1-3H3. The summed E-state index contributed by atoms with van der Waals surface area (Å²) in [5, 5.41) is 13.2. The molecule has 0 saturated heterocycles. The van der Waals surface area contributed by atoms with Gasteiger partial charge in [0.1, 0.15) is 5.75 Å². The predicted octanol–water partition coefficient (Wildman–Crippen LogP) is 5.33. The summed E-state index contributed by atoms with van der Waals surface area (Å²) in [4.78, 5) is 12.9. The van der Waals surface area contributed by atoms with Crippen LogP contribution < -0.4 is 9.47 Å². The minimum atomic E-state index is -0.568. The van der Waals surface area contributed by atoms with Crippen molar-refractivity contribution in [2.45, 2.75) is 19.8 Å². The molecule has 2 heterocycles. The van der Waals surface area contributed by atoms with E-state index in [9.17, 15) is 4.79 Å². The maximum Gasteiger partial charge on any atom is 0.364 e. The van der Waals surface area contributed by atoms with Crippen molar-refractivity contribution in [3.05, 3.63) is 83.0 Å². The maximum absolute atomic E-state index is 12.9. The van der Waals surface area contributed by atoms with Crippen LogP contribution >= 0.6 is 11.6 Å². The second-order valence-corrected chi connectivity index (χ2v) is 7.82. The van der Waals surface area contributed by atoms with Crippen LogP contribution in [0.2, 0.25) is 5.02 Å². The topological polar surface area (TPSA) is 79.1 Å². The highest BCUT2D eigenvalue weighted by Gasteiger charge is 2.20. The quantitative estimate of drug-likeness (QED) is 0.293. The number of esters is 1. The van der Waals surface area contributed by atoms with Crippen molar-refractivity contribution in [1.82, 2.24) is 20.0 Å². The number of carbonyl (C=O) groups excluding carboxylic acids is 1. The molecule has 8 heteroatoms. The lowest BCUT2D eigenvalue weighted by atomic mass is 10.0. The molecule has 0 saturated carbocycles. The Labute approximate surface area is 190 Å². The summed E-state index contributed by atoms with van der Waals surface area (Å²) in [6, 6.07) is 19.7. The van der Waals surface area contributed by atoms with E-state index in [2.05, 4.69) is 29.1 Å². The van der Waals surface area contributed by atoms with Crippen LogP contribution in [0.1, 0.15) is 35.8 Å². The van der Waals surface area contributed by atoms with Gasteiger partial charge >= 0.3 is 5.97 Å². The van der Waals surface area contributed by atoms with Gasteiger partial charge in [-0.25, -0.2) is 9.48 Å². The van der Waals surface area contributed by atoms with E-state index >= 15 is 0 Å².